The van der Waals surface area contributed by atoms with Crippen LogP contribution in [-0.2, 0) is 16.1 Å². The summed E-state index contributed by atoms with van der Waals surface area (Å²) in [6, 6.07) is 0. The van der Waals surface area contributed by atoms with Crippen LogP contribution in [0, 0.1) is 16.2 Å². The number of carbonyl (C=O) groups is 2. The Labute approximate surface area is 131 Å². The first-order chi connectivity index (χ1) is 10.3. The molecule has 0 spiro atoms. The smallest absolute Gasteiger partial charge is 0.227 e. The van der Waals surface area contributed by atoms with Crippen molar-refractivity contribution in [2.45, 2.75) is 53.0 Å². The first-order valence-corrected chi connectivity index (χ1v) is 8.11. The van der Waals surface area contributed by atoms with Crippen LogP contribution >= 0.6 is 0 Å². The normalized spacial score (nSPS) is 32.4. The molecule has 2 saturated carbocycles. The van der Waals surface area contributed by atoms with Crippen molar-refractivity contribution in [3.63, 3.8) is 0 Å². The van der Waals surface area contributed by atoms with E-state index < -0.39 is 5.41 Å². The van der Waals surface area contributed by atoms with Gasteiger partial charge in [-0.15, -0.1) is 0 Å². The maximum Gasteiger partial charge on any atom is 0.227 e. The molecule has 0 unspecified atom stereocenters. The average molecular weight is 303 g/mol. The second-order valence-electron chi connectivity index (χ2n) is 7.55. The lowest BCUT2D eigenvalue weighted by Gasteiger charge is -2.38. The molecule has 22 heavy (non-hydrogen) atoms. The highest BCUT2D eigenvalue weighted by Gasteiger charge is 2.72. The summed E-state index contributed by atoms with van der Waals surface area (Å²) in [4.78, 5) is 29.2. The van der Waals surface area contributed by atoms with Crippen LogP contribution in [0.3, 0.4) is 0 Å². The van der Waals surface area contributed by atoms with Gasteiger partial charge >= 0.3 is 0 Å². The van der Waals surface area contributed by atoms with E-state index in [1.807, 2.05) is 17.7 Å². The Morgan fingerprint density at radius 3 is 2.68 bits per heavy atom. The van der Waals surface area contributed by atoms with Gasteiger partial charge in [-0.3, -0.25) is 9.59 Å². The molecule has 1 aromatic rings. The van der Waals surface area contributed by atoms with E-state index in [4.69, 9.17) is 0 Å². The minimum Gasteiger partial charge on any atom is -0.356 e. The minimum atomic E-state index is -0.506. The van der Waals surface area contributed by atoms with E-state index in [0.29, 0.717) is 13.0 Å². The summed E-state index contributed by atoms with van der Waals surface area (Å²) in [7, 11) is 0. The highest BCUT2D eigenvalue weighted by Crippen LogP contribution is 2.70. The topological polar surface area (TPSA) is 64.0 Å². The lowest BCUT2D eigenvalue weighted by atomic mass is 9.64. The van der Waals surface area contributed by atoms with Gasteiger partial charge in [0.1, 0.15) is 5.78 Å². The molecule has 1 amide bonds. The number of hydrogen-bond donors (Lipinski definition) is 1. The quantitative estimate of drug-likeness (QED) is 0.848. The maximum absolute atomic E-state index is 12.8. The number of rotatable bonds is 5. The monoisotopic (exact) mass is 303 g/mol. The molecule has 0 aliphatic heterocycles. The molecular formula is C17H25N3O2. The molecule has 1 aromatic heterocycles. The second-order valence-corrected chi connectivity index (χ2v) is 7.55. The lowest BCUT2D eigenvalue weighted by molar-refractivity contribution is -0.136. The maximum atomic E-state index is 12.8. The number of nitrogens with one attached hydrogen (secondary N) is 1. The van der Waals surface area contributed by atoms with Crippen LogP contribution in [-0.4, -0.2) is 27.8 Å². The standard InChI is InChI=1S/C17H25N3O2/c1-15(2)16(3)5-6-17(15,11-13(16)21)14(22)19-7-4-9-20-10-8-18-12-20/h8,10,12H,4-7,9,11H2,1-3H3,(H,19,22)/t16-,17-/m0/s1. The number of aromatic nitrogens is 2. The van der Waals surface area contributed by atoms with Gasteiger partial charge in [0.2, 0.25) is 5.91 Å². The summed E-state index contributed by atoms with van der Waals surface area (Å²) in [6.45, 7) is 7.70. The fraction of sp³-hybridized carbons (Fsp3) is 0.706. The fourth-order valence-electron chi connectivity index (χ4n) is 4.41. The Hall–Kier alpha value is -1.65. The fourth-order valence-corrected chi connectivity index (χ4v) is 4.41. The van der Waals surface area contributed by atoms with Crippen molar-refractivity contribution >= 4 is 11.7 Å². The van der Waals surface area contributed by atoms with Gasteiger partial charge in [-0.25, -0.2) is 4.98 Å². The highest BCUT2D eigenvalue weighted by molar-refractivity contribution is 5.99. The SMILES string of the molecule is CC1(C)[C@@]2(C(=O)NCCCn3ccnc3)CC[C@@]1(C)C(=O)C2. The summed E-state index contributed by atoms with van der Waals surface area (Å²) in [5.74, 6) is 0.329. The number of hydrogen-bond acceptors (Lipinski definition) is 3. The van der Waals surface area contributed by atoms with E-state index in [0.717, 1.165) is 25.8 Å². The third-order valence-electron chi connectivity index (χ3n) is 6.58. The van der Waals surface area contributed by atoms with Crippen molar-refractivity contribution in [2.75, 3.05) is 6.54 Å². The number of fused-ring (bicyclic) bond motifs is 2. The molecule has 1 heterocycles. The molecule has 2 aliphatic carbocycles. The van der Waals surface area contributed by atoms with Crippen LogP contribution in [0.2, 0.25) is 0 Å². The predicted molar refractivity (Wildman–Crippen MR) is 83.0 cm³/mol. The van der Waals surface area contributed by atoms with Gasteiger partial charge in [0.15, 0.2) is 0 Å². The second kappa shape index (κ2) is 4.93. The van der Waals surface area contributed by atoms with Gasteiger partial charge in [0, 0.05) is 37.3 Å². The van der Waals surface area contributed by atoms with Gasteiger partial charge in [-0.1, -0.05) is 20.8 Å². The summed E-state index contributed by atoms with van der Waals surface area (Å²) < 4.78 is 2.00. The van der Waals surface area contributed by atoms with Crippen LogP contribution in [0.15, 0.2) is 18.7 Å². The Morgan fingerprint density at radius 1 is 1.36 bits per heavy atom. The highest BCUT2D eigenvalue weighted by atomic mass is 16.2. The molecule has 2 aliphatic rings. The molecule has 2 atom stereocenters. The van der Waals surface area contributed by atoms with Crippen LogP contribution < -0.4 is 5.32 Å². The Balaban J connectivity index is 1.61. The van der Waals surface area contributed by atoms with Crippen molar-refractivity contribution in [1.82, 2.24) is 14.9 Å². The van der Waals surface area contributed by atoms with Gasteiger partial charge in [-0.2, -0.15) is 0 Å². The van der Waals surface area contributed by atoms with E-state index in [1.165, 1.54) is 0 Å². The third-order valence-corrected chi connectivity index (χ3v) is 6.58. The number of amides is 1. The van der Waals surface area contributed by atoms with E-state index in [1.54, 1.807) is 12.5 Å². The van der Waals surface area contributed by atoms with Crippen LogP contribution in [0.25, 0.3) is 0 Å². The van der Waals surface area contributed by atoms with Gasteiger partial charge in [-0.05, 0) is 24.7 Å². The van der Waals surface area contributed by atoms with Crippen molar-refractivity contribution in [1.29, 1.82) is 0 Å². The number of ketones is 1. The molecule has 2 fully saturated rings. The molecule has 1 N–H and O–H groups in total. The lowest BCUT2D eigenvalue weighted by Crippen LogP contribution is -2.47. The largest absolute Gasteiger partial charge is 0.356 e. The van der Waals surface area contributed by atoms with Crippen LogP contribution in [0.4, 0.5) is 0 Å². The van der Waals surface area contributed by atoms with Gasteiger partial charge in [0.25, 0.3) is 0 Å². The zero-order chi connectivity index (χ0) is 16.0. The zero-order valence-electron chi connectivity index (χ0n) is 13.7. The summed E-state index contributed by atoms with van der Waals surface area (Å²) in [5, 5.41) is 3.07. The molecule has 2 bridgehead atoms. The summed E-state index contributed by atoms with van der Waals surface area (Å²) >= 11 is 0. The Kier molecular flexibility index (Phi) is 3.42. The number of imidazole rings is 1. The van der Waals surface area contributed by atoms with Gasteiger partial charge in [0.05, 0.1) is 11.7 Å². The van der Waals surface area contributed by atoms with E-state index >= 15 is 0 Å². The molecule has 5 nitrogen and oxygen atoms in total. The van der Waals surface area contributed by atoms with Crippen LogP contribution in [0.1, 0.15) is 46.5 Å². The molecule has 0 saturated heterocycles. The third kappa shape index (κ3) is 1.87. The van der Waals surface area contributed by atoms with E-state index in [9.17, 15) is 9.59 Å². The molecule has 3 rings (SSSR count). The Morgan fingerprint density at radius 2 is 2.14 bits per heavy atom. The zero-order valence-corrected chi connectivity index (χ0v) is 13.7. The molecular weight excluding hydrogens is 278 g/mol. The number of nitrogens with zero attached hydrogens (tertiary/aromatic N) is 2. The van der Waals surface area contributed by atoms with Crippen molar-refractivity contribution in [3.05, 3.63) is 18.7 Å². The van der Waals surface area contributed by atoms with Crippen molar-refractivity contribution in [3.8, 4) is 0 Å². The number of aryl methyl sites for hydroxylation is 1. The molecule has 5 heteroatoms. The van der Waals surface area contributed by atoms with E-state index in [2.05, 4.69) is 24.1 Å². The average Bonchev–Trinajstić information content (AvgIpc) is 3.08. The summed E-state index contributed by atoms with van der Waals surface area (Å²) in [5.41, 5.74) is -1.10. The van der Waals surface area contributed by atoms with Gasteiger partial charge < -0.3 is 9.88 Å². The van der Waals surface area contributed by atoms with Crippen molar-refractivity contribution in [2.24, 2.45) is 16.2 Å². The number of Topliss-reactive ketones (excluding diaryl/α,β-unsaturated/α-hetero) is 1. The first kappa shape index (κ1) is 15.3. The van der Waals surface area contributed by atoms with Crippen LogP contribution in [0.5, 0.6) is 0 Å². The predicted octanol–water partition coefficient (Wildman–Crippen LogP) is 2.17. The minimum absolute atomic E-state index is 0.0673. The Bertz CT molecular complexity index is 593. The summed E-state index contributed by atoms with van der Waals surface area (Å²) in [6.07, 6.45) is 8.39. The molecule has 0 radical (unpaired) electrons. The molecule has 120 valence electrons. The first-order valence-electron chi connectivity index (χ1n) is 8.11. The molecule has 0 aromatic carbocycles. The van der Waals surface area contributed by atoms with Crippen molar-refractivity contribution < 1.29 is 9.59 Å². The number of carbonyl (C=O) groups excluding carboxylic acids is 2. The van der Waals surface area contributed by atoms with E-state index in [-0.39, 0.29) is 22.5 Å².